The molecule has 0 unspecified atom stereocenters. The number of nitriles is 1. The first kappa shape index (κ1) is 17.3. The van der Waals surface area contributed by atoms with Crippen molar-refractivity contribution >= 4 is 28.2 Å². The molecule has 9 heteroatoms. The Morgan fingerprint density at radius 2 is 2.04 bits per heavy atom. The lowest BCUT2D eigenvalue weighted by molar-refractivity contribution is -0.119. The fraction of sp³-hybridized carbons (Fsp3) is 0.118. The van der Waals surface area contributed by atoms with E-state index in [1.54, 1.807) is 30.5 Å². The molecule has 0 aliphatic rings. The second-order valence-corrected chi connectivity index (χ2v) is 6.07. The molecule has 3 aromatic rings. The number of rotatable bonds is 5. The molecule has 0 atom stereocenters. The summed E-state index contributed by atoms with van der Waals surface area (Å²) in [5.41, 5.74) is 1.49. The zero-order chi connectivity index (χ0) is 18.5. The van der Waals surface area contributed by atoms with Gasteiger partial charge >= 0.3 is 5.97 Å². The topological polar surface area (TPSA) is 110 Å². The van der Waals surface area contributed by atoms with E-state index >= 15 is 0 Å². The Labute approximate surface area is 152 Å². The van der Waals surface area contributed by atoms with Gasteiger partial charge in [0.05, 0.1) is 16.9 Å². The number of anilines is 1. The third-order valence-corrected chi connectivity index (χ3v) is 4.17. The van der Waals surface area contributed by atoms with Crippen molar-refractivity contribution in [2.75, 3.05) is 11.9 Å². The Bertz CT molecular complexity index is 987. The smallest absolute Gasteiger partial charge is 0.361 e. The predicted molar refractivity (Wildman–Crippen MR) is 94.0 cm³/mol. The maximum atomic E-state index is 12.2. The molecule has 0 spiro atoms. The van der Waals surface area contributed by atoms with Crippen LogP contribution in [0, 0.1) is 18.3 Å². The Morgan fingerprint density at radius 3 is 2.77 bits per heavy atom. The Balaban J connectivity index is 1.63. The van der Waals surface area contributed by atoms with Crippen LogP contribution >= 0.6 is 11.3 Å². The number of aromatic nitrogens is 3. The summed E-state index contributed by atoms with van der Waals surface area (Å²) in [6.07, 6.45) is 0. The Hall–Kier alpha value is -3.51. The summed E-state index contributed by atoms with van der Waals surface area (Å²) in [6, 6.07) is 12.7. The quantitative estimate of drug-likeness (QED) is 0.693. The molecule has 0 saturated carbocycles. The molecule has 0 aliphatic carbocycles. The van der Waals surface area contributed by atoms with E-state index in [-0.39, 0.29) is 5.69 Å². The number of thiophene rings is 1. The second-order valence-electron chi connectivity index (χ2n) is 5.16. The van der Waals surface area contributed by atoms with Crippen molar-refractivity contribution in [3.8, 4) is 11.8 Å². The number of aryl methyl sites for hydroxylation is 1. The molecule has 1 aromatic carbocycles. The molecule has 1 N–H and O–H groups in total. The number of nitrogens with zero attached hydrogens (tertiary/aromatic N) is 4. The lowest BCUT2D eigenvalue weighted by Gasteiger charge is -2.04. The second kappa shape index (κ2) is 7.58. The number of benzene rings is 1. The summed E-state index contributed by atoms with van der Waals surface area (Å²) in [4.78, 5) is 25.4. The highest BCUT2D eigenvalue weighted by Gasteiger charge is 2.19. The van der Waals surface area contributed by atoms with Crippen LogP contribution in [-0.2, 0) is 9.53 Å². The van der Waals surface area contributed by atoms with Crippen LogP contribution in [0.5, 0.6) is 0 Å². The van der Waals surface area contributed by atoms with E-state index < -0.39 is 18.5 Å². The molecular formula is C17H13N5O3S. The van der Waals surface area contributed by atoms with E-state index in [0.717, 1.165) is 0 Å². The van der Waals surface area contributed by atoms with Gasteiger partial charge < -0.3 is 10.1 Å². The molecule has 0 aliphatic heterocycles. The van der Waals surface area contributed by atoms with Crippen molar-refractivity contribution in [1.29, 1.82) is 5.26 Å². The summed E-state index contributed by atoms with van der Waals surface area (Å²) in [5, 5.41) is 21.9. The van der Waals surface area contributed by atoms with Crippen molar-refractivity contribution in [1.82, 2.24) is 15.0 Å². The van der Waals surface area contributed by atoms with Gasteiger partial charge in [0.2, 0.25) is 0 Å². The van der Waals surface area contributed by atoms with Gasteiger partial charge in [0, 0.05) is 0 Å². The SMILES string of the molecule is Cc1nn(-c2ccccc2)nc1C(=O)OCC(=O)Nc1sccc1C#N. The first-order chi connectivity index (χ1) is 12.6. The van der Waals surface area contributed by atoms with E-state index in [0.29, 0.717) is 21.9 Å². The number of amides is 1. The van der Waals surface area contributed by atoms with Crippen molar-refractivity contribution in [3.05, 3.63) is 58.7 Å². The lowest BCUT2D eigenvalue weighted by atomic mass is 10.3. The molecule has 2 aromatic heterocycles. The normalized spacial score (nSPS) is 10.2. The predicted octanol–water partition coefficient (Wildman–Crippen LogP) is 2.30. The highest BCUT2D eigenvalue weighted by atomic mass is 32.1. The van der Waals surface area contributed by atoms with E-state index in [9.17, 15) is 9.59 Å². The van der Waals surface area contributed by atoms with Gasteiger partial charge in [-0.2, -0.15) is 15.2 Å². The number of ether oxygens (including phenoxy) is 1. The number of hydrogen-bond acceptors (Lipinski definition) is 7. The monoisotopic (exact) mass is 367 g/mol. The van der Waals surface area contributed by atoms with E-state index in [1.807, 2.05) is 24.3 Å². The molecule has 2 heterocycles. The third-order valence-electron chi connectivity index (χ3n) is 3.34. The van der Waals surface area contributed by atoms with Crippen molar-refractivity contribution in [2.45, 2.75) is 6.92 Å². The van der Waals surface area contributed by atoms with Gasteiger partial charge in [0.15, 0.2) is 12.3 Å². The van der Waals surface area contributed by atoms with Crippen molar-refractivity contribution in [2.24, 2.45) is 0 Å². The first-order valence-corrected chi connectivity index (χ1v) is 8.40. The molecule has 0 saturated heterocycles. The average Bonchev–Trinajstić information content (AvgIpc) is 3.26. The van der Waals surface area contributed by atoms with Crippen LogP contribution < -0.4 is 5.32 Å². The molecule has 0 fully saturated rings. The summed E-state index contributed by atoms with van der Waals surface area (Å²) in [7, 11) is 0. The number of para-hydroxylation sites is 1. The maximum Gasteiger partial charge on any atom is 0.361 e. The van der Waals surface area contributed by atoms with Crippen molar-refractivity contribution in [3.63, 3.8) is 0 Å². The van der Waals surface area contributed by atoms with Gasteiger partial charge in [-0.15, -0.1) is 16.4 Å². The van der Waals surface area contributed by atoms with Gasteiger partial charge in [-0.3, -0.25) is 4.79 Å². The molecule has 130 valence electrons. The minimum absolute atomic E-state index is 0.0375. The number of hydrogen-bond donors (Lipinski definition) is 1. The fourth-order valence-electron chi connectivity index (χ4n) is 2.10. The number of esters is 1. The van der Waals surface area contributed by atoms with Crippen LogP contribution in [0.25, 0.3) is 5.69 Å². The van der Waals surface area contributed by atoms with Crippen LogP contribution in [0.2, 0.25) is 0 Å². The van der Waals surface area contributed by atoms with Crippen LogP contribution in [0.1, 0.15) is 21.7 Å². The molecule has 0 bridgehead atoms. The van der Waals surface area contributed by atoms with Crippen molar-refractivity contribution < 1.29 is 14.3 Å². The molecule has 0 radical (unpaired) electrons. The standard InChI is InChI=1S/C17H13N5O3S/c1-11-15(21-22(20-11)13-5-3-2-4-6-13)17(24)25-10-14(23)19-16-12(9-18)7-8-26-16/h2-8H,10H2,1H3,(H,19,23). The minimum Gasteiger partial charge on any atom is -0.451 e. The highest BCUT2D eigenvalue weighted by Crippen LogP contribution is 2.21. The Kier molecular flexibility index (Phi) is 5.05. The largest absolute Gasteiger partial charge is 0.451 e. The number of nitrogens with one attached hydrogen (secondary N) is 1. The third kappa shape index (κ3) is 3.76. The minimum atomic E-state index is -0.744. The van der Waals surface area contributed by atoms with Gasteiger partial charge in [-0.25, -0.2) is 4.79 Å². The summed E-state index contributed by atoms with van der Waals surface area (Å²) in [5.74, 6) is -1.28. The first-order valence-electron chi connectivity index (χ1n) is 7.52. The molecule has 3 rings (SSSR count). The lowest BCUT2D eigenvalue weighted by Crippen LogP contribution is -2.21. The van der Waals surface area contributed by atoms with Crippen LogP contribution in [0.3, 0.4) is 0 Å². The molecular weight excluding hydrogens is 354 g/mol. The van der Waals surface area contributed by atoms with Gasteiger partial charge in [-0.05, 0) is 30.5 Å². The highest BCUT2D eigenvalue weighted by molar-refractivity contribution is 7.14. The molecule has 1 amide bonds. The number of carbonyl (C=O) groups excluding carboxylic acids is 2. The maximum absolute atomic E-state index is 12.2. The van der Waals surface area contributed by atoms with Gasteiger partial charge in [0.1, 0.15) is 11.1 Å². The number of carbonyl (C=O) groups is 2. The summed E-state index contributed by atoms with van der Waals surface area (Å²) in [6.45, 7) is 1.15. The van der Waals surface area contributed by atoms with E-state index in [2.05, 4.69) is 15.5 Å². The van der Waals surface area contributed by atoms with Crippen LogP contribution in [0.4, 0.5) is 5.00 Å². The van der Waals surface area contributed by atoms with Crippen LogP contribution in [0.15, 0.2) is 41.8 Å². The van der Waals surface area contributed by atoms with Gasteiger partial charge in [0.25, 0.3) is 5.91 Å². The zero-order valence-corrected chi connectivity index (χ0v) is 14.5. The Morgan fingerprint density at radius 1 is 1.27 bits per heavy atom. The summed E-state index contributed by atoms with van der Waals surface area (Å²) < 4.78 is 5.00. The van der Waals surface area contributed by atoms with E-state index in [4.69, 9.17) is 10.00 Å². The van der Waals surface area contributed by atoms with Gasteiger partial charge in [-0.1, -0.05) is 18.2 Å². The fourth-order valence-corrected chi connectivity index (χ4v) is 2.85. The summed E-state index contributed by atoms with van der Waals surface area (Å²) >= 11 is 1.22. The van der Waals surface area contributed by atoms with E-state index in [1.165, 1.54) is 16.1 Å². The average molecular weight is 367 g/mol. The van der Waals surface area contributed by atoms with Crippen LogP contribution in [-0.4, -0.2) is 33.5 Å². The zero-order valence-electron chi connectivity index (χ0n) is 13.7. The molecule has 26 heavy (non-hydrogen) atoms. The molecule has 8 nitrogen and oxygen atoms in total.